The summed E-state index contributed by atoms with van der Waals surface area (Å²) >= 11 is 15.6. The standard InChI is InChI=1S/C15H14BrCl2N/c1-9-7-10(3-5-12(9)16)15(19-2)11-4-6-13(17)14(18)8-11/h3-8,15,19H,1-2H3. The van der Waals surface area contributed by atoms with Crippen LogP contribution in [0, 0.1) is 6.92 Å². The zero-order valence-electron chi connectivity index (χ0n) is 10.7. The lowest BCUT2D eigenvalue weighted by Gasteiger charge is -2.18. The SMILES string of the molecule is CNC(c1ccc(Br)c(C)c1)c1ccc(Cl)c(Cl)c1. The normalized spacial score (nSPS) is 12.5. The summed E-state index contributed by atoms with van der Waals surface area (Å²) in [4.78, 5) is 0. The molecule has 0 aliphatic carbocycles. The van der Waals surface area contributed by atoms with Gasteiger partial charge in [0, 0.05) is 4.47 Å². The van der Waals surface area contributed by atoms with Crippen LogP contribution in [0.1, 0.15) is 22.7 Å². The molecule has 0 heterocycles. The van der Waals surface area contributed by atoms with E-state index in [1.54, 1.807) is 0 Å². The molecule has 0 aliphatic rings. The van der Waals surface area contributed by atoms with E-state index in [4.69, 9.17) is 23.2 Å². The second-order valence-electron chi connectivity index (χ2n) is 4.40. The predicted octanol–water partition coefficient (Wildman–Crippen LogP) is 5.37. The van der Waals surface area contributed by atoms with E-state index in [1.165, 1.54) is 11.1 Å². The van der Waals surface area contributed by atoms with Crippen molar-refractivity contribution in [3.05, 3.63) is 67.6 Å². The maximum absolute atomic E-state index is 6.09. The molecule has 0 radical (unpaired) electrons. The molecule has 1 unspecified atom stereocenters. The maximum atomic E-state index is 6.09. The molecule has 0 bridgehead atoms. The fourth-order valence-electron chi connectivity index (χ4n) is 2.07. The number of rotatable bonds is 3. The van der Waals surface area contributed by atoms with Gasteiger partial charge in [-0.3, -0.25) is 0 Å². The Morgan fingerprint density at radius 1 is 1.00 bits per heavy atom. The molecule has 2 rings (SSSR count). The first-order valence-electron chi connectivity index (χ1n) is 5.91. The van der Waals surface area contributed by atoms with E-state index in [0.29, 0.717) is 10.0 Å². The van der Waals surface area contributed by atoms with Crippen LogP contribution in [0.25, 0.3) is 0 Å². The first-order valence-corrected chi connectivity index (χ1v) is 7.46. The molecule has 2 aromatic rings. The van der Waals surface area contributed by atoms with Crippen molar-refractivity contribution in [1.29, 1.82) is 0 Å². The van der Waals surface area contributed by atoms with Gasteiger partial charge in [0.05, 0.1) is 16.1 Å². The second-order valence-corrected chi connectivity index (χ2v) is 6.07. The first kappa shape index (κ1) is 14.9. The molecular formula is C15H14BrCl2N. The molecule has 1 nitrogen and oxygen atoms in total. The summed E-state index contributed by atoms with van der Waals surface area (Å²) in [6.07, 6.45) is 0. The van der Waals surface area contributed by atoms with Crippen molar-refractivity contribution in [1.82, 2.24) is 5.32 Å². The summed E-state index contributed by atoms with van der Waals surface area (Å²) in [6.45, 7) is 2.08. The van der Waals surface area contributed by atoms with E-state index in [9.17, 15) is 0 Å². The van der Waals surface area contributed by atoms with E-state index in [2.05, 4.69) is 46.4 Å². The molecule has 0 amide bonds. The number of aryl methyl sites for hydroxylation is 1. The van der Waals surface area contributed by atoms with Gasteiger partial charge in [0.25, 0.3) is 0 Å². The molecule has 19 heavy (non-hydrogen) atoms. The predicted molar refractivity (Wildman–Crippen MR) is 86.2 cm³/mol. The number of hydrogen-bond acceptors (Lipinski definition) is 1. The third-order valence-electron chi connectivity index (χ3n) is 3.08. The van der Waals surface area contributed by atoms with Crippen LogP contribution in [-0.4, -0.2) is 7.05 Å². The fraction of sp³-hybridized carbons (Fsp3) is 0.200. The van der Waals surface area contributed by atoms with Crippen LogP contribution in [0.4, 0.5) is 0 Å². The monoisotopic (exact) mass is 357 g/mol. The van der Waals surface area contributed by atoms with Crippen LogP contribution in [0.15, 0.2) is 40.9 Å². The topological polar surface area (TPSA) is 12.0 Å². The lowest BCUT2D eigenvalue weighted by atomic mass is 9.97. The molecule has 100 valence electrons. The highest BCUT2D eigenvalue weighted by atomic mass is 79.9. The average molecular weight is 359 g/mol. The van der Waals surface area contributed by atoms with E-state index >= 15 is 0 Å². The molecule has 0 fully saturated rings. The molecule has 2 aromatic carbocycles. The van der Waals surface area contributed by atoms with Gasteiger partial charge < -0.3 is 5.32 Å². The Morgan fingerprint density at radius 2 is 1.63 bits per heavy atom. The van der Waals surface area contributed by atoms with Crippen molar-refractivity contribution >= 4 is 39.1 Å². The van der Waals surface area contributed by atoms with Crippen molar-refractivity contribution in [2.45, 2.75) is 13.0 Å². The van der Waals surface area contributed by atoms with Crippen LogP contribution >= 0.6 is 39.1 Å². The van der Waals surface area contributed by atoms with E-state index < -0.39 is 0 Å². The van der Waals surface area contributed by atoms with Crippen molar-refractivity contribution in [3.8, 4) is 0 Å². The fourth-order valence-corrected chi connectivity index (χ4v) is 2.62. The van der Waals surface area contributed by atoms with Crippen LogP contribution in [0.2, 0.25) is 10.0 Å². The zero-order chi connectivity index (χ0) is 14.0. The molecule has 4 heteroatoms. The Bertz CT molecular complexity index is 547. The lowest BCUT2D eigenvalue weighted by molar-refractivity contribution is 0.691. The first-order chi connectivity index (χ1) is 9.02. The Morgan fingerprint density at radius 3 is 2.21 bits per heavy atom. The van der Waals surface area contributed by atoms with Crippen LogP contribution in [0.5, 0.6) is 0 Å². The summed E-state index contributed by atoms with van der Waals surface area (Å²) in [5.74, 6) is 0. The molecule has 0 spiro atoms. The minimum absolute atomic E-state index is 0.0987. The van der Waals surface area contributed by atoms with E-state index in [0.717, 1.165) is 10.0 Å². The number of halogens is 3. The third kappa shape index (κ3) is 3.32. The molecule has 0 saturated carbocycles. The number of benzene rings is 2. The average Bonchev–Trinajstić information content (AvgIpc) is 2.39. The molecule has 0 saturated heterocycles. The third-order valence-corrected chi connectivity index (χ3v) is 4.71. The van der Waals surface area contributed by atoms with Crippen molar-refractivity contribution in [2.24, 2.45) is 0 Å². The van der Waals surface area contributed by atoms with Gasteiger partial charge in [-0.1, -0.05) is 57.3 Å². The lowest BCUT2D eigenvalue weighted by Crippen LogP contribution is -2.17. The van der Waals surface area contributed by atoms with Gasteiger partial charge in [-0.25, -0.2) is 0 Å². The van der Waals surface area contributed by atoms with Crippen molar-refractivity contribution in [2.75, 3.05) is 7.05 Å². The highest BCUT2D eigenvalue weighted by Crippen LogP contribution is 2.30. The van der Waals surface area contributed by atoms with Gasteiger partial charge in [-0.2, -0.15) is 0 Å². The summed E-state index contributed by atoms with van der Waals surface area (Å²) in [6, 6.07) is 12.1. The number of nitrogens with one attached hydrogen (secondary N) is 1. The Labute approximate surface area is 132 Å². The van der Waals surface area contributed by atoms with E-state index in [1.807, 2.05) is 25.2 Å². The van der Waals surface area contributed by atoms with Crippen molar-refractivity contribution in [3.63, 3.8) is 0 Å². The Balaban J connectivity index is 2.43. The van der Waals surface area contributed by atoms with Gasteiger partial charge in [0.15, 0.2) is 0 Å². The quantitative estimate of drug-likeness (QED) is 0.777. The molecular weight excluding hydrogens is 345 g/mol. The minimum atomic E-state index is 0.0987. The molecule has 1 atom stereocenters. The Hall–Kier alpha value is -0.540. The number of hydrogen-bond donors (Lipinski definition) is 1. The van der Waals surface area contributed by atoms with E-state index in [-0.39, 0.29) is 6.04 Å². The van der Waals surface area contributed by atoms with Crippen LogP contribution in [-0.2, 0) is 0 Å². The van der Waals surface area contributed by atoms with Gasteiger partial charge in [0.2, 0.25) is 0 Å². The van der Waals surface area contributed by atoms with Gasteiger partial charge >= 0.3 is 0 Å². The highest BCUT2D eigenvalue weighted by molar-refractivity contribution is 9.10. The molecule has 1 N–H and O–H groups in total. The second kappa shape index (κ2) is 6.27. The molecule has 0 aliphatic heterocycles. The summed E-state index contributed by atoms with van der Waals surface area (Å²) in [7, 11) is 1.94. The highest BCUT2D eigenvalue weighted by Gasteiger charge is 2.14. The summed E-state index contributed by atoms with van der Waals surface area (Å²) in [5, 5.41) is 4.46. The van der Waals surface area contributed by atoms with Gasteiger partial charge in [0.1, 0.15) is 0 Å². The zero-order valence-corrected chi connectivity index (χ0v) is 13.8. The van der Waals surface area contributed by atoms with Crippen molar-refractivity contribution < 1.29 is 0 Å². The maximum Gasteiger partial charge on any atom is 0.0595 e. The molecule has 0 aromatic heterocycles. The summed E-state index contributed by atoms with van der Waals surface area (Å²) in [5.41, 5.74) is 3.50. The smallest absolute Gasteiger partial charge is 0.0595 e. The van der Waals surface area contributed by atoms with Gasteiger partial charge in [-0.15, -0.1) is 0 Å². The van der Waals surface area contributed by atoms with Gasteiger partial charge in [-0.05, 0) is 48.9 Å². The Kier molecular flexibility index (Phi) is 4.91. The van der Waals surface area contributed by atoms with Crippen LogP contribution < -0.4 is 5.32 Å². The minimum Gasteiger partial charge on any atom is -0.309 e. The summed E-state index contributed by atoms with van der Waals surface area (Å²) < 4.78 is 1.11. The van der Waals surface area contributed by atoms with Crippen LogP contribution in [0.3, 0.4) is 0 Å². The largest absolute Gasteiger partial charge is 0.309 e.